The normalized spacial score (nSPS) is 9.30. The molecule has 0 aliphatic rings. The average Bonchev–Trinajstić information content (AvgIpc) is 1.88. The number of nitrogens with zero attached hydrogens (tertiary/aromatic N) is 1. The first-order valence-corrected chi connectivity index (χ1v) is 3.58. The topological polar surface area (TPSA) is 43.1 Å². The van der Waals surface area contributed by atoms with Crippen LogP contribution in [0.2, 0.25) is 0 Å². The van der Waals surface area contributed by atoms with Gasteiger partial charge >= 0.3 is 66.2 Å². The minimum absolute atomic E-state index is 0.155. The molecule has 0 aliphatic carbocycles. The first-order chi connectivity index (χ1) is 4.72. The second kappa shape index (κ2) is 2.84. The Morgan fingerprint density at radius 2 is 2.00 bits per heavy atom. The quantitative estimate of drug-likeness (QED) is 0.371. The molecule has 0 bridgehead atoms. The molecule has 0 atom stereocenters. The monoisotopic (exact) mass is 197 g/mol. The summed E-state index contributed by atoms with van der Waals surface area (Å²) in [4.78, 5) is 9.82. The fraction of sp³-hybridized carbons (Fsp3) is 0. The van der Waals surface area contributed by atoms with E-state index in [1.165, 1.54) is 6.07 Å². The number of nitro groups is 1. The van der Waals surface area contributed by atoms with Crippen LogP contribution in [0.5, 0.6) is 0 Å². The van der Waals surface area contributed by atoms with E-state index in [2.05, 4.69) is 16.9 Å². The van der Waals surface area contributed by atoms with Gasteiger partial charge in [0, 0.05) is 0 Å². The molecule has 0 fully saturated rings. The van der Waals surface area contributed by atoms with Gasteiger partial charge in [0.25, 0.3) is 0 Å². The molecule has 3 nitrogen and oxygen atoms in total. The van der Waals surface area contributed by atoms with Gasteiger partial charge in [-0.25, -0.2) is 0 Å². The van der Waals surface area contributed by atoms with Crippen molar-refractivity contribution in [1.29, 1.82) is 0 Å². The minimum atomic E-state index is -0.395. The van der Waals surface area contributed by atoms with E-state index in [0.717, 1.165) is 0 Å². The molecule has 2 radical (unpaired) electrons. The van der Waals surface area contributed by atoms with Crippen molar-refractivity contribution in [1.82, 2.24) is 0 Å². The van der Waals surface area contributed by atoms with Crippen LogP contribution < -0.4 is 4.35 Å². The Bertz CT molecular complexity index is 262. The molecule has 1 aromatic rings. The van der Waals surface area contributed by atoms with Crippen molar-refractivity contribution in [2.75, 3.05) is 0 Å². The summed E-state index contributed by atoms with van der Waals surface area (Å²) in [5.74, 6) is 0. The number of benzene rings is 1. The van der Waals surface area contributed by atoms with Gasteiger partial charge in [0.15, 0.2) is 0 Å². The summed E-state index contributed by atoms with van der Waals surface area (Å²) >= 11 is 2.17. The summed E-state index contributed by atoms with van der Waals surface area (Å²) in [6.07, 6.45) is 0. The van der Waals surface area contributed by atoms with Crippen molar-refractivity contribution >= 4 is 26.9 Å². The van der Waals surface area contributed by atoms with E-state index in [0.29, 0.717) is 4.35 Å². The van der Waals surface area contributed by atoms with Crippen molar-refractivity contribution in [2.24, 2.45) is 0 Å². The summed E-state index contributed by atoms with van der Waals surface area (Å²) in [5, 5.41) is 10.2. The zero-order chi connectivity index (χ0) is 7.56. The third-order valence-corrected chi connectivity index (χ3v) is 1.87. The summed E-state index contributed by atoms with van der Waals surface area (Å²) < 4.78 is 0.639. The molecule has 0 aliphatic heterocycles. The number of para-hydroxylation sites is 1. The van der Waals surface area contributed by atoms with Gasteiger partial charge in [-0.05, 0) is 0 Å². The SMILES string of the molecule is O=[N+]([O-])c1ccccc1[As]. The standard InChI is InChI=1S/C6H4AsNO2/c7-5-3-1-2-4-6(5)8(9)10/h1-4H. The summed E-state index contributed by atoms with van der Waals surface area (Å²) in [7, 11) is 0. The molecule has 0 saturated heterocycles. The van der Waals surface area contributed by atoms with Crippen LogP contribution in [0.4, 0.5) is 5.69 Å². The third-order valence-electron chi connectivity index (χ3n) is 1.08. The van der Waals surface area contributed by atoms with E-state index < -0.39 is 4.92 Å². The van der Waals surface area contributed by atoms with Crippen molar-refractivity contribution in [2.45, 2.75) is 0 Å². The first kappa shape index (κ1) is 7.29. The fourth-order valence-electron chi connectivity index (χ4n) is 0.619. The van der Waals surface area contributed by atoms with Crippen LogP contribution in [-0.4, -0.2) is 21.8 Å². The molecule has 4 heteroatoms. The van der Waals surface area contributed by atoms with Crippen molar-refractivity contribution in [3.8, 4) is 0 Å². The Morgan fingerprint density at radius 3 is 2.40 bits per heavy atom. The number of rotatable bonds is 1. The van der Waals surface area contributed by atoms with Crippen LogP contribution in [0.25, 0.3) is 0 Å². The van der Waals surface area contributed by atoms with E-state index in [9.17, 15) is 10.1 Å². The Labute approximate surface area is 66.7 Å². The maximum atomic E-state index is 10.2. The predicted octanol–water partition coefficient (Wildman–Crippen LogP) is 0.389. The Balaban J connectivity index is 3.15. The zero-order valence-electron chi connectivity index (χ0n) is 5.02. The second-order valence-corrected chi connectivity index (χ2v) is 2.76. The molecule has 0 heterocycles. The summed E-state index contributed by atoms with van der Waals surface area (Å²) in [6, 6.07) is 6.58. The molecule has 0 amide bonds. The molecule has 0 spiro atoms. The number of hydrogen-bond donors (Lipinski definition) is 0. The maximum absolute atomic E-state index is 10.2. The predicted molar refractivity (Wildman–Crippen MR) is 38.5 cm³/mol. The van der Waals surface area contributed by atoms with Gasteiger partial charge in [0.05, 0.1) is 0 Å². The summed E-state index contributed by atoms with van der Waals surface area (Å²) in [6.45, 7) is 0. The van der Waals surface area contributed by atoms with Crippen LogP contribution >= 0.6 is 0 Å². The van der Waals surface area contributed by atoms with Crippen LogP contribution in [0, 0.1) is 10.1 Å². The van der Waals surface area contributed by atoms with Gasteiger partial charge in [0.1, 0.15) is 0 Å². The van der Waals surface area contributed by atoms with Gasteiger partial charge in [-0.2, -0.15) is 0 Å². The molecule has 0 saturated carbocycles. The number of hydrogen-bond acceptors (Lipinski definition) is 2. The van der Waals surface area contributed by atoms with Crippen LogP contribution in [0.1, 0.15) is 0 Å². The van der Waals surface area contributed by atoms with E-state index >= 15 is 0 Å². The molecular formula is C6H4AsNO2. The Hall–Kier alpha value is -0.822. The second-order valence-electron chi connectivity index (χ2n) is 1.75. The molecule has 1 rings (SSSR count). The Morgan fingerprint density at radius 1 is 1.40 bits per heavy atom. The summed E-state index contributed by atoms with van der Waals surface area (Å²) in [5.41, 5.74) is 0.155. The van der Waals surface area contributed by atoms with Gasteiger partial charge in [-0.1, -0.05) is 0 Å². The van der Waals surface area contributed by atoms with Crippen LogP contribution in [0.3, 0.4) is 0 Å². The molecule has 0 unspecified atom stereocenters. The van der Waals surface area contributed by atoms with E-state index in [1.54, 1.807) is 18.2 Å². The number of nitro benzene ring substituents is 1. The molecular weight excluding hydrogens is 193 g/mol. The first-order valence-electron chi connectivity index (χ1n) is 2.64. The fourth-order valence-corrected chi connectivity index (χ4v) is 1.13. The average molecular weight is 197 g/mol. The van der Waals surface area contributed by atoms with E-state index in [-0.39, 0.29) is 5.69 Å². The molecule has 50 valence electrons. The molecule has 0 aromatic heterocycles. The van der Waals surface area contributed by atoms with Gasteiger partial charge < -0.3 is 0 Å². The van der Waals surface area contributed by atoms with Crippen molar-refractivity contribution < 1.29 is 4.92 Å². The van der Waals surface area contributed by atoms with Crippen molar-refractivity contribution in [3.63, 3.8) is 0 Å². The van der Waals surface area contributed by atoms with Crippen LogP contribution in [0.15, 0.2) is 24.3 Å². The van der Waals surface area contributed by atoms with Gasteiger partial charge in [-0.15, -0.1) is 0 Å². The molecule has 10 heavy (non-hydrogen) atoms. The molecule has 1 aromatic carbocycles. The zero-order valence-corrected chi connectivity index (χ0v) is 6.90. The van der Waals surface area contributed by atoms with Crippen molar-refractivity contribution in [3.05, 3.63) is 34.4 Å². The van der Waals surface area contributed by atoms with E-state index in [1.807, 2.05) is 0 Å². The molecule has 0 N–H and O–H groups in total. The van der Waals surface area contributed by atoms with Gasteiger partial charge in [-0.3, -0.25) is 0 Å². The Kier molecular flexibility index (Phi) is 2.07. The van der Waals surface area contributed by atoms with Crippen LogP contribution in [-0.2, 0) is 0 Å². The van der Waals surface area contributed by atoms with Gasteiger partial charge in [0.2, 0.25) is 0 Å². The third kappa shape index (κ3) is 1.36. The van der Waals surface area contributed by atoms with E-state index in [4.69, 9.17) is 0 Å².